The van der Waals surface area contributed by atoms with E-state index in [1.807, 2.05) is 0 Å². The third kappa shape index (κ3) is 7.45. The molecular weight excluding hydrogens is 256 g/mol. The van der Waals surface area contributed by atoms with Crippen molar-refractivity contribution in [2.45, 2.75) is 66.2 Å². The number of allylic oxidation sites excluding steroid dienone is 5. The molecule has 1 heteroatoms. The van der Waals surface area contributed by atoms with Crippen LogP contribution in [-0.4, -0.2) is 5.78 Å². The van der Waals surface area contributed by atoms with E-state index in [4.69, 9.17) is 0 Å². The van der Waals surface area contributed by atoms with E-state index in [1.54, 1.807) is 0 Å². The lowest BCUT2D eigenvalue weighted by Crippen LogP contribution is -2.16. The average molecular weight is 288 g/mol. The first-order valence-electron chi connectivity index (χ1n) is 8.41. The Hall–Kier alpha value is -1.11. The molecule has 1 aliphatic rings. The van der Waals surface area contributed by atoms with Crippen LogP contribution in [0.4, 0.5) is 0 Å². The van der Waals surface area contributed by atoms with Crippen LogP contribution in [0, 0.1) is 17.8 Å². The zero-order valence-corrected chi connectivity index (χ0v) is 14.3. The van der Waals surface area contributed by atoms with E-state index >= 15 is 0 Å². The van der Waals surface area contributed by atoms with E-state index in [0.717, 1.165) is 25.7 Å². The zero-order chi connectivity index (χ0) is 15.8. The highest BCUT2D eigenvalue weighted by atomic mass is 16.1. The number of hydrogen-bond acceptors (Lipinski definition) is 1. The molecule has 0 bridgehead atoms. The van der Waals surface area contributed by atoms with Crippen LogP contribution in [0.15, 0.2) is 36.0 Å². The molecule has 118 valence electrons. The second-order valence-electron chi connectivity index (χ2n) is 7.13. The van der Waals surface area contributed by atoms with Gasteiger partial charge in [0.05, 0.1) is 0 Å². The van der Waals surface area contributed by atoms with Gasteiger partial charge in [-0.15, -0.1) is 0 Å². The Kier molecular flexibility index (Phi) is 7.71. The molecule has 0 radical (unpaired) electrons. The van der Waals surface area contributed by atoms with Crippen molar-refractivity contribution in [3.8, 4) is 0 Å². The monoisotopic (exact) mass is 288 g/mol. The molecule has 0 aromatic rings. The SMILES string of the molecule is C=C1/C=C/[C@@H](C(C)CC(=O)CC(C)C)CCC(C)=CCC1. The van der Waals surface area contributed by atoms with Gasteiger partial charge >= 0.3 is 0 Å². The molecule has 0 heterocycles. The lowest BCUT2D eigenvalue weighted by molar-refractivity contribution is -0.120. The highest BCUT2D eigenvalue weighted by molar-refractivity contribution is 5.78. The van der Waals surface area contributed by atoms with Gasteiger partial charge in [0.1, 0.15) is 5.78 Å². The van der Waals surface area contributed by atoms with Crippen molar-refractivity contribution in [3.05, 3.63) is 36.0 Å². The summed E-state index contributed by atoms with van der Waals surface area (Å²) >= 11 is 0. The van der Waals surface area contributed by atoms with Gasteiger partial charge in [0.15, 0.2) is 0 Å². The maximum atomic E-state index is 12.1. The molecule has 1 nitrogen and oxygen atoms in total. The van der Waals surface area contributed by atoms with Crippen LogP contribution in [0.1, 0.15) is 66.2 Å². The Morgan fingerprint density at radius 3 is 2.67 bits per heavy atom. The average Bonchev–Trinajstić information content (AvgIpc) is 2.37. The predicted molar refractivity (Wildman–Crippen MR) is 92.2 cm³/mol. The quantitative estimate of drug-likeness (QED) is 0.578. The van der Waals surface area contributed by atoms with Crippen molar-refractivity contribution in [1.82, 2.24) is 0 Å². The van der Waals surface area contributed by atoms with Crippen molar-refractivity contribution >= 4 is 5.78 Å². The number of carbonyl (C=O) groups excluding carboxylic acids is 1. The third-order valence-electron chi connectivity index (χ3n) is 4.33. The van der Waals surface area contributed by atoms with Crippen LogP contribution < -0.4 is 0 Å². The maximum Gasteiger partial charge on any atom is 0.133 e. The number of rotatable bonds is 5. The highest BCUT2D eigenvalue weighted by Crippen LogP contribution is 2.27. The second kappa shape index (κ2) is 9.02. The lowest BCUT2D eigenvalue weighted by atomic mass is 9.83. The molecule has 0 aromatic carbocycles. The summed E-state index contributed by atoms with van der Waals surface area (Å²) in [5.41, 5.74) is 2.68. The summed E-state index contributed by atoms with van der Waals surface area (Å²) in [6, 6.07) is 0. The highest BCUT2D eigenvalue weighted by Gasteiger charge is 2.19. The summed E-state index contributed by atoms with van der Waals surface area (Å²) in [5, 5.41) is 0. The Bertz CT molecular complexity index is 412. The van der Waals surface area contributed by atoms with Crippen molar-refractivity contribution in [3.63, 3.8) is 0 Å². The minimum Gasteiger partial charge on any atom is -0.300 e. The first-order valence-corrected chi connectivity index (χ1v) is 8.41. The van der Waals surface area contributed by atoms with Crippen LogP contribution in [0.2, 0.25) is 0 Å². The van der Waals surface area contributed by atoms with Crippen molar-refractivity contribution in [1.29, 1.82) is 0 Å². The van der Waals surface area contributed by atoms with E-state index < -0.39 is 0 Å². The van der Waals surface area contributed by atoms with Crippen molar-refractivity contribution in [2.24, 2.45) is 17.8 Å². The van der Waals surface area contributed by atoms with Gasteiger partial charge in [-0.3, -0.25) is 4.79 Å². The minimum atomic E-state index is 0.411. The first-order chi connectivity index (χ1) is 9.88. The van der Waals surface area contributed by atoms with Crippen LogP contribution in [-0.2, 0) is 4.79 Å². The molecule has 0 spiro atoms. The molecule has 21 heavy (non-hydrogen) atoms. The molecule has 0 saturated heterocycles. The second-order valence-corrected chi connectivity index (χ2v) is 7.13. The molecule has 1 rings (SSSR count). The summed E-state index contributed by atoms with van der Waals surface area (Å²) in [6.45, 7) is 12.8. The summed E-state index contributed by atoms with van der Waals surface area (Å²) in [6.07, 6.45) is 12.7. The Labute approximate surface area is 131 Å². The Morgan fingerprint density at radius 2 is 2.00 bits per heavy atom. The fourth-order valence-electron chi connectivity index (χ4n) is 2.96. The number of carbonyl (C=O) groups is 1. The fraction of sp³-hybridized carbons (Fsp3) is 0.650. The van der Waals surface area contributed by atoms with Crippen molar-refractivity contribution < 1.29 is 4.79 Å². The molecule has 0 fully saturated rings. The van der Waals surface area contributed by atoms with Gasteiger partial charge in [0, 0.05) is 12.8 Å². The number of Topliss-reactive ketones (excluding diaryl/α,β-unsaturated/α-hetero) is 1. The first kappa shape index (κ1) is 17.9. The molecule has 0 amide bonds. The Morgan fingerprint density at radius 1 is 1.29 bits per heavy atom. The molecule has 0 saturated carbocycles. The van der Waals surface area contributed by atoms with E-state index in [1.165, 1.54) is 11.1 Å². The molecule has 0 aromatic heterocycles. The minimum absolute atomic E-state index is 0.411. The molecule has 1 unspecified atom stereocenters. The van der Waals surface area contributed by atoms with Gasteiger partial charge in [-0.1, -0.05) is 56.7 Å². The molecule has 1 aliphatic carbocycles. The molecule has 2 atom stereocenters. The third-order valence-corrected chi connectivity index (χ3v) is 4.33. The van der Waals surface area contributed by atoms with Gasteiger partial charge in [-0.25, -0.2) is 0 Å². The maximum absolute atomic E-state index is 12.1. The summed E-state index contributed by atoms with van der Waals surface area (Å²) < 4.78 is 0. The van der Waals surface area contributed by atoms with E-state index in [9.17, 15) is 4.79 Å². The van der Waals surface area contributed by atoms with Gasteiger partial charge in [0.2, 0.25) is 0 Å². The summed E-state index contributed by atoms with van der Waals surface area (Å²) in [5.74, 6) is 1.79. The molecular formula is C20H32O. The standard InChI is InChI=1S/C20H32O/c1-15(2)13-20(21)14-18(5)19-11-9-16(3)7-6-8-17(4)10-12-19/h8-9,11,15,18-19H,3,6-7,10,12-14H2,1-2,4-5H3/b11-9+,17-8?/t18?,19-/m1/s1. The zero-order valence-electron chi connectivity index (χ0n) is 14.3. The van der Waals surface area contributed by atoms with Gasteiger partial charge in [-0.05, 0) is 50.4 Å². The van der Waals surface area contributed by atoms with Gasteiger partial charge in [-0.2, -0.15) is 0 Å². The largest absolute Gasteiger partial charge is 0.300 e. The lowest BCUT2D eigenvalue weighted by Gasteiger charge is -2.22. The van der Waals surface area contributed by atoms with E-state index in [2.05, 4.69) is 52.5 Å². The van der Waals surface area contributed by atoms with Gasteiger partial charge < -0.3 is 0 Å². The van der Waals surface area contributed by atoms with E-state index in [0.29, 0.717) is 36.4 Å². The van der Waals surface area contributed by atoms with Crippen LogP contribution in [0.5, 0.6) is 0 Å². The topological polar surface area (TPSA) is 17.1 Å². The van der Waals surface area contributed by atoms with Crippen LogP contribution >= 0.6 is 0 Å². The van der Waals surface area contributed by atoms with E-state index in [-0.39, 0.29) is 0 Å². The molecule has 0 aliphatic heterocycles. The predicted octanol–water partition coefficient (Wildman–Crippen LogP) is 5.88. The fourth-order valence-corrected chi connectivity index (χ4v) is 2.96. The smallest absolute Gasteiger partial charge is 0.133 e. The van der Waals surface area contributed by atoms with Crippen LogP contribution in [0.3, 0.4) is 0 Å². The van der Waals surface area contributed by atoms with Crippen LogP contribution in [0.25, 0.3) is 0 Å². The number of hydrogen-bond donors (Lipinski definition) is 0. The summed E-state index contributed by atoms with van der Waals surface area (Å²) in [7, 11) is 0. The van der Waals surface area contributed by atoms with Crippen molar-refractivity contribution in [2.75, 3.05) is 0 Å². The van der Waals surface area contributed by atoms with Gasteiger partial charge in [0.25, 0.3) is 0 Å². The normalized spacial score (nSPS) is 23.6. The summed E-state index contributed by atoms with van der Waals surface area (Å²) in [4.78, 5) is 12.1. The number of ketones is 1. The Balaban J connectivity index is 2.67. The molecule has 0 N–H and O–H groups in total.